The lowest BCUT2D eigenvalue weighted by molar-refractivity contribution is 0.477. The maximum atomic E-state index is 10.0. The van der Waals surface area contributed by atoms with E-state index in [0.717, 1.165) is 17.0 Å². The molecular formula is C18H17N3O. The Balaban J connectivity index is 0.00000242. The second-order valence-electron chi connectivity index (χ2n) is 4.35. The number of rotatable bonds is 1. The summed E-state index contributed by atoms with van der Waals surface area (Å²) in [4.78, 5) is 0. The largest absolute Gasteiger partial charge is 0.507 e. The third-order valence-electron chi connectivity index (χ3n) is 2.99. The number of aryl methyl sites for hydroxylation is 1. The molecule has 0 radical (unpaired) electrons. The van der Waals surface area contributed by atoms with Crippen LogP contribution in [0.2, 0.25) is 0 Å². The van der Waals surface area contributed by atoms with Gasteiger partial charge in [0.15, 0.2) is 0 Å². The van der Waals surface area contributed by atoms with Crippen molar-refractivity contribution in [2.24, 2.45) is 0 Å². The highest BCUT2D eigenvalue weighted by Crippen LogP contribution is 2.31. The molecule has 4 N–H and O–H groups in total. The van der Waals surface area contributed by atoms with Crippen molar-refractivity contribution >= 4 is 0 Å². The van der Waals surface area contributed by atoms with Gasteiger partial charge in [0.05, 0.1) is 11.4 Å². The number of nitrogens with zero attached hydrogens (tertiary/aromatic N) is 2. The van der Waals surface area contributed by atoms with Crippen LogP contribution in [0.25, 0.3) is 11.3 Å². The summed E-state index contributed by atoms with van der Waals surface area (Å²) in [7, 11) is 0. The van der Waals surface area contributed by atoms with Gasteiger partial charge < -0.3 is 11.3 Å². The first-order chi connectivity index (χ1) is 10.1. The SMILES string of the molecule is CC#CC#CC#Cn1nc(C)c(C)c1-c1ccccc1O.N. The molecule has 0 spiro atoms. The molecule has 2 aromatic rings. The van der Waals surface area contributed by atoms with Crippen molar-refractivity contribution in [2.45, 2.75) is 20.8 Å². The zero-order valence-electron chi connectivity index (χ0n) is 12.9. The second-order valence-corrected chi connectivity index (χ2v) is 4.35. The van der Waals surface area contributed by atoms with Crippen molar-refractivity contribution in [2.75, 3.05) is 0 Å². The minimum absolute atomic E-state index is 0. The Kier molecular flexibility index (Phi) is 5.85. The molecule has 0 unspecified atom stereocenters. The van der Waals surface area contributed by atoms with Gasteiger partial charge in [0, 0.05) is 23.4 Å². The molecule has 0 bridgehead atoms. The van der Waals surface area contributed by atoms with E-state index in [1.54, 1.807) is 23.7 Å². The molecule has 0 saturated carbocycles. The van der Waals surface area contributed by atoms with Gasteiger partial charge in [-0.3, -0.25) is 0 Å². The molecule has 2 rings (SSSR count). The molecule has 0 atom stereocenters. The molecule has 22 heavy (non-hydrogen) atoms. The van der Waals surface area contributed by atoms with Crippen LogP contribution in [0.15, 0.2) is 24.3 Å². The molecule has 1 aromatic heterocycles. The smallest absolute Gasteiger partial charge is 0.125 e. The highest BCUT2D eigenvalue weighted by Gasteiger charge is 2.15. The molecule has 110 valence electrons. The lowest BCUT2D eigenvalue weighted by Gasteiger charge is -2.05. The number of aromatic nitrogens is 2. The van der Waals surface area contributed by atoms with Crippen molar-refractivity contribution in [1.29, 1.82) is 0 Å². The van der Waals surface area contributed by atoms with E-state index < -0.39 is 0 Å². The Morgan fingerprint density at radius 3 is 2.41 bits per heavy atom. The molecule has 4 nitrogen and oxygen atoms in total. The van der Waals surface area contributed by atoms with Gasteiger partial charge in [-0.2, -0.15) is 9.78 Å². The summed E-state index contributed by atoms with van der Waals surface area (Å²) in [5, 5.41) is 14.4. The van der Waals surface area contributed by atoms with Gasteiger partial charge in [-0.1, -0.05) is 18.1 Å². The van der Waals surface area contributed by atoms with Crippen LogP contribution in [-0.4, -0.2) is 14.9 Å². The predicted octanol–water partition coefficient (Wildman–Crippen LogP) is 2.87. The van der Waals surface area contributed by atoms with E-state index in [1.165, 1.54) is 0 Å². The lowest BCUT2D eigenvalue weighted by Crippen LogP contribution is -1.95. The highest BCUT2D eigenvalue weighted by molar-refractivity contribution is 5.71. The zero-order valence-corrected chi connectivity index (χ0v) is 12.9. The van der Waals surface area contributed by atoms with Crippen LogP contribution < -0.4 is 6.15 Å². The first kappa shape index (κ1) is 16.9. The Bertz CT molecular complexity index is 859. The van der Waals surface area contributed by atoms with Gasteiger partial charge in [-0.25, -0.2) is 0 Å². The van der Waals surface area contributed by atoms with Crippen LogP contribution >= 0.6 is 0 Å². The third kappa shape index (κ3) is 3.49. The van der Waals surface area contributed by atoms with E-state index in [4.69, 9.17) is 0 Å². The summed E-state index contributed by atoms with van der Waals surface area (Å²) in [5.74, 6) is 13.5. The molecule has 0 aliphatic rings. The van der Waals surface area contributed by atoms with Crippen molar-refractivity contribution < 1.29 is 5.11 Å². The van der Waals surface area contributed by atoms with Crippen LogP contribution in [-0.2, 0) is 0 Å². The molecule has 4 heteroatoms. The molecule has 0 fully saturated rings. The number of hydrogen-bond donors (Lipinski definition) is 2. The van der Waals surface area contributed by atoms with E-state index in [0.29, 0.717) is 5.56 Å². The molecule has 0 aliphatic heterocycles. The quantitative estimate of drug-likeness (QED) is 0.793. The van der Waals surface area contributed by atoms with E-state index >= 15 is 0 Å². The average molecular weight is 291 g/mol. The Morgan fingerprint density at radius 2 is 1.73 bits per heavy atom. The molecular weight excluding hydrogens is 274 g/mol. The van der Waals surface area contributed by atoms with Crippen LogP contribution in [0.5, 0.6) is 5.75 Å². The molecule has 0 aliphatic carbocycles. The highest BCUT2D eigenvalue weighted by atomic mass is 16.3. The standard InChI is InChI=1S/C18H14N2O.H3N/c1-4-5-6-7-10-13-20-18(14(2)15(3)19-20)16-11-8-9-12-17(16)21;/h8-9,11-12,21H,1-3H3;1H3. The minimum Gasteiger partial charge on any atom is -0.507 e. The summed E-state index contributed by atoms with van der Waals surface area (Å²) in [6, 6.07) is 9.99. The van der Waals surface area contributed by atoms with E-state index in [-0.39, 0.29) is 11.9 Å². The fourth-order valence-electron chi connectivity index (χ4n) is 1.88. The number of aromatic hydroxyl groups is 1. The molecule has 0 saturated heterocycles. The molecule has 0 amide bonds. The summed E-state index contributed by atoms with van der Waals surface area (Å²) in [6.07, 6.45) is 0. The van der Waals surface area contributed by atoms with E-state index in [2.05, 4.69) is 40.7 Å². The van der Waals surface area contributed by atoms with Crippen molar-refractivity contribution in [3.8, 4) is 52.7 Å². The van der Waals surface area contributed by atoms with Crippen molar-refractivity contribution in [3.63, 3.8) is 0 Å². The second kappa shape index (κ2) is 7.60. The van der Waals surface area contributed by atoms with Gasteiger partial charge in [0.2, 0.25) is 0 Å². The number of para-hydroxylation sites is 1. The number of phenolic OH excluding ortho intramolecular Hbond substituents is 1. The number of benzene rings is 1. The number of hydrogen-bond acceptors (Lipinski definition) is 3. The van der Waals surface area contributed by atoms with Crippen LogP contribution in [0.4, 0.5) is 0 Å². The van der Waals surface area contributed by atoms with Gasteiger partial charge in [0.1, 0.15) is 5.75 Å². The third-order valence-corrected chi connectivity index (χ3v) is 2.99. The maximum Gasteiger partial charge on any atom is 0.125 e. The molecule has 1 aromatic carbocycles. The van der Waals surface area contributed by atoms with Gasteiger partial charge >= 0.3 is 0 Å². The zero-order chi connectivity index (χ0) is 15.2. The van der Waals surface area contributed by atoms with Crippen LogP contribution in [0.3, 0.4) is 0 Å². The molecule has 1 heterocycles. The van der Waals surface area contributed by atoms with Gasteiger partial charge in [0.25, 0.3) is 0 Å². The van der Waals surface area contributed by atoms with E-state index in [1.807, 2.05) is 26.0 Å². The van der Waals surface area contributed by atoms with Gasteiger partial charge in [-0.15, -0.1) is 0 Å². The minimum atomic E-state index is 0. The lowest BCUT2D eigenvalue weighted by atomic mass is 10.1. The fourth-order valence-corrected chi connectivity index (χ4v) is 1.88. The topological polar surface area (TPSA) is 73.0 Å². The number of phenols is 1. The summed E-state index contributed by atoms with van der Waals surface area (Å²) >= 11 is 0. The fraction of sp³-hybridized carbons (Fsp3) is 0.167. The summed E-state index contributed by atoms with van der Waals surface area (Å²) < 4.78 is 1.55. The van der Waals surface area contributed by atoms with E-state index in [9.17, 15) is 5.11 Å². The first-order valence-corrected chi connectivity index (χ1v) is 6.42. The summed E-state index contributed by atoms with van der Waals surface area (Å²) in [6.45, 7) is 5.58. The predicted molar refractivity (Wildman–Crippen MR) is 88.2 cm³/mol. The van der Waals surface area contributed by atoms with Crippen molar-refractivity contribution in [3.05, 3.63) is 35.5 Å². The van der Waals surface area contributed by atoms with Crippen LogP contribution in [0, 0.1) is 49.5 Å². The Morgan fingerprint density at radius 1 is 1.05 bits per heavy atom. The maximum absolute atomic E-state index is 10.0. The monoisotopic (exact) mass is 291 g/mol. The normalized spacial score (nSPS) is 8.32. The van der Waals surface area contributed by atoms with Crippen molar-refractivity contribution in [1.82, 2.24) is 15.9 Å². The average Bonchev–Trinajstić information content (AvgIpc) is 2.75. The van der Waals surface area contributed by atoms with Crippen LogP contribution in [0.1, 0.15) is 18.2 Å². The Labute approximate surface area is 130 Å². The van der Waals surface area contributed by atoms with Gasteiger partial charge in [-0.05, 0) is 50.3 Å². The summed E-state index contributed by atoms with van der Waals surface area (Å²) in [5.41, 5.74) is 3.32. The Hall–Kier alpha value is -3.13. The first-order valence-electron chi connectivity index (χ1n) is 6.42.